The average Bonchev–Trinajstić information content (AvgIpc) is 2.24. The van der Waals surface area contributed by atoms with Gasteiger partial charge in [0.25, 0.3) is 0 Å². The van der Waals surface area contributed by atoms with Gasteiger partial charge in [0.05, 0.1) is 22.3 Å². The number of rotatable bonds is 13. The summed E-state index contributed by atoms with van der Waals surface area (Å²) in [6.45, 7) is 0.597. The molecule has 0 amide bonds. The molecular weight excluding hydrogens is 1030 g/mol. The minimum atomic E-state index is -3.40. The van der Waals surface area contributed by atoms with Gasteiger partial charge in [0.15, 0.2) is 0 Å². The molecule has 7 aromatic carbocycles. The standard InChI is InChI=1S/C65H66N3O.Pt/c1-11-64(9,12-2)54-26-21-27-55(65(10,13-3)14-4)60(54)47-32-35-57(43(5)38-47)68-58-28-20-25-52(61(58)67-62(68)53-24-18-19-29-59(53)69)49-39-48(44-22-16-15-17-23-44)40-50(41-49)56-42-46(36-37-66-56)45-30-33-51(34-31-45)63(6,7)8;/h15-40,42,69H,11-14H2,1-10H3;/q-1;/i5D3,6D3,7D3,8D3;. The van der Waals surface area contributed by atoms with Crippen LogP contribution in [0.1, 0.15) is 126 Å². The Balaban J connectivity index is 0.00000880. The summed E-state index contributed by atoms with van der Waals surface area (Å²) < 4.78 is 104. The van der Waals surface area contributed by atoms with Gasteiger partial charge in [0.1, 0.15) is 11.6 Å². The minimum absolute atomic E-state index is 0. The van der Waals surface area contributed by atoms with Gasteiger partial charge in [-0.2, -0.15) is 0 Å². The van der Waals surface area contributed by atoms with Crippen LogP contribution in [0.2, 0.25) is 0 Å². The number of imidazole rings is 1. The Bertz CT molecular complexity index is 3690. The molecule has 70 heavy (non-hydrogen) atoms. The zero-order valence-electron chi connectivity index (χ0n) is 52.5. The van der Waals surface area contributed by atoms with E-state index in [1.807, 2.05) is 89.5 Å². The van der Waals surface area contributed by atoms with Crippen molar-refractivity contribution < 1.29 is 42.6 Å². The van der Waals surface area contributed by atoms with Crippen molar-refractivity contribution in [1.29, 1.82) is 0 Å². The van der Waals surface area contributed by atoms with E-state index in [1.54, 1.807) is 36.5 Å². The molecule has 0 fully saturated rings. The number of fused-ring (bicyclic) bond motifs is 1. The molecule has 0 bridgehead atoms. The molecule has 0 aliphatic heterocycles. The summed E-state index contributed by atoms with van der Waals surface area (Å²) in [4.78, 5) is 10.1. The molecule has 2 aromatic heterocycles. The second-order valence-electron chi connectivity index (χ2n) is 18.8. The molecule has 0 radical (unpaired) electrons. The molecule has 1 N–H and O–H groups in total. The fourth-order valence-electron chi connectivity index (χ4n) is 9.74. The number of phenols is 1. The molecule has 0 aliphatic rings. The number of para-hydroxylation sites is 2. The van der Waals surface area contributed by atoms with Crippen LogP contribution in [-0.4, -0.2) is 19.6 Å². The van der Waals surface area contributed by atoms with Crippen LogP contribution in [0.25, 0.3) is 83.9 Å². The molecule has 0 saturated carbocycles. The molecule has 0 atom stereocenters. The van der Waals surface area contributed by atoms with Crippen molar-refractivity contribution in [2.75, 3.05) is 0 Å². The molecule has 5 heteroatoms. The van der Waals surface area contributed by atoms with Gasteiger partial charge in [0, 0.05) is 49.4 Å². The van der Waals surface area contributed by atoms with E-state index < -0.39 is 32.8 Å². The van der Waals surface area contributed by atoms with E-state index in [0.717, 1.165) is 47.9 Å². The number of hydrogen-bond acceptors (Lipinski definition) is 3. The summed E-state index contributed by atoms with van der Waals surface area (Å²) in [7, 11) is 0. The molecule has 4 nitrogen and oxygen atoms in total. The van der Waals surface area contributed by atoms with Crippen LogP contribution in [0.3, 0.4) is 0 Å². The Morgan fingerprint density at radius 1 is 0.586 bits per heavy atom. The van der Waals surface area contributed by atoms with Crippen molar-refractivity contribution in [2.24, 2.45) is 0 Å². The van der Waals surface area contributed by atoms with E-state index in [2.05, 4.69) is 65.8 Å². The van der Waals surface area contributed by atoms with Gasteiger partial charge in [0.2, 0.25) is 0 Å². The van der Waals surface area contributed by atoms with Gasteiger partial charge in [-0.25, -0.2) is 4.98 Å². The predicted octanol–water partition coefficient (Wildman–Crippen LogP) is 17.7. The number of pyridine rings is 1. The number of aryl methyl sites for hydroxylation is 1. The fraction of sp³-hybridized carbons (Fsp3) is 0.262. The molecular formula is C65H66N3OPt-. The van der Waals surface area contributed by atoms with Gasteiger partial charge in [-0.15, -0.1) is 23.8 Å². The third-order valence-electron chi connectivity index (χ3n) is 14.8. The number of aromatic hydroxyl groups is 1. The van der Waals surface area contributed by atoms with Gasteiger partial charge in [-0.05, 0) is 135 Å². The summed E-state index contributed by atoms with van der Waals surface area (Å²) in [5, 5.41) is 11.6. The Hall–Kier alpha value is -6.35. The van der Waals surface area contributed by atoms with Crippen LogP contribution in [0, 0.1) is 12.9 Å². The van der Waals surface area contributed by atoms with E-state index in [-0.39, 0.29) is 48.8 Å². The van der Waals surface area contributed by atoms with E-state index in [0.29, 0.717) is 61.6 Å². The molecule has 0 aliphatic carbocycles. The topological polar surface area (TPSA) is 50.9 Å². The Morgan fingerprint density at radius 2 is 1.20 bits per heavy atom. The first-order valence-corrected chi connectivity index (χ1v) is 24.0. The maximum absolute atomic E-state index is 11.6. The second kappa shape index (κ2) is 20.2. The smallest absolute Gasteiger partial charge is 0.148 e. The number of aromatic nitrogens is 3. The normalized spacial score (nSPS) is 15.3. The fourth-order valence-corrected chi connectivity index (χ4v) is 9.74. The molecule has 0 spiro atoms. The first-order chi connectivity index (χ1) is 38.2. The molecule has 0 saturated heterocycles. The molecule has 9 aromatic rings. The van der Waals surface area contributed by atoms with Crippen LogP contribution in [0.4, 0.5) is 0 Å². The van der Waals surface area contributed by atoms with Gasteiger partial charge < -0.3 is 5.11 Å². The zero-order valence-corrected chi connectivity index (χ0v) is 42.8. The number of nitrogens with zero attached hydrogens (tertiary/aromatic N) is 3. The van der Waals surface area contributed by atoms with E-state index in [4.69, 9.17) is 22.3 Å². The van der Waals surface area contributed by atoms with Crippen LogP contribution in [0.5, 0.6) is 5.75 Å². The number of benzene rings is 7. The summed E-state index contributed by atoms with van der Waals surface area (Å²) >= 11 is 0. The number of hydrogen-bond donors (Lipinski definition) is 1. The van der Waals surface area contributed by atoms with Gasteiger partial charge >= 0.3 is 0 Å². The Labute approximate surface area is 448 Å². The van der Waals surface area contributed by atoms with Crippen molar-refractivity contribution in [3.8, 4) is 78.6 Å². The third kappa shape index (κ3) is 9.36. The number of phenolic OH excluding ortho intramolecular Hbond substituents is 1. The van der Waals surface area contributed by atoms with Crippen molar-refractivity contribution in [2.45, 2.75) is 111 Å². The first kappa shape index (κ1) is 36.6. The quantitative estimate of drug-likeness (QED) is 0.117. The average molecular weight is 1110 g/mol. The van der Waals surface area contributed by atoms with Crippen LogP contribution in [-0.2, 0) is 37.3 Å². The molecule has 9 rings (SSSR count). The van der Waals surface area contributed by atoms with Crippen molar-refractivity contribution in [3.05, 3.63) is 192 Å². The zero-order chi connectivity index (χ0) is 58.7. The van der Waals surface area contributed by atoms with Crippen molar-refractivity contribution >= 4 is 11.0 Å². The minimum Gasteiger partial charge on any atom is -0.507 e. The molecule has 2 heterocycles. The maximum Gasteiger partial charge on any atom is 0.148 e. The Kier molecular flexibility index (Phi) is 10.5. The molecule has 358 valence electrons. The maximum atomic E-state index is 11.6. The van der Waals surface area contributed by atoms with Crippen LogP contribution >= 0.6 is 0 Å². The van der Waals surface area contributed by atoms with Crippen molar-refractivity contribution in [3.63, 3.8) is 0 Å². The second-order valence-corrected chi connectivity index (χ2v) is 18.8. The summed E-state index contributed by atoms with van der Waals surface area (Å²) in [6, 6.07) is 51.5. The van der Waals surface area contributed by atoms with Crippen molar-refractivity contribution in [1.82, 2.24) is 14.5 Å². The van der Waals surface area contributed by atoms with Gasteiger partial charge in [-0.3, -0.25) is 9.55 Å². The van der Waals surface area contributed by atoms with Crippen LogP contribution < -0.4 is 0 Å². The first-order valence-electron chi connectivity index (χ1n) is 30.0. The third-order valence-corrected chi connectivity index (χ3v) is 14.8. The molecule has 0 unspecified atom stereocenters. The van der Waals surface area contributed by atoms with E-state index in [9.17, 15) is 9.22 Å². The Morgan fingerprint density at radius 3 is 1.86 bits per heavy atom. The summed E-state index contributed by atoms with van der Waals surface area (Å²) in [6.07, 6.45) is 5.19. The monoisotopic (exact) mass is 1110 g/mol. The largest absolute Gasteiger partial charge is 0.507 e. The summed E-state index contributed by atoms with van der Waals surface area (Å²) in [5.41, 5.74) is 7.71. The van der Waals surface area contributed by atoms with E-state index >= 15 is 0 Å². The van der Waals surface area contributed by atoms with E-state index in [1.165, 1.54) is 35.4 Å². The SMILES string of the molecule is [2H]C([2H])([2H])c1cc(-c2c(C(C)(CC)CC)cccc2C(C)(CC)CC)ccc1-n1c(-c2ccccc2O)nc2c(-c3[c-]c(-c4cc(-c5ccc(C(C([2H])([2H])[2H])(C([2H])([2H])[2H])C([2H])([2H])[2H])cc5)ccn4)cc(-c4ccccc4)c3)cccc21.[Pt]. The predicted molar refractivity (Wildman–Crippen MR) is 291 cm³/mol. The van der Waals surface area contributed by atoms with Crippen LogP contribution in [0.15, 0.2) is 164 Å². The van der Waals surface area contributed by atoms with Gasteiger partial charge in [-0.1, -0.05) is 188 Å². The summed E-state index contributed by atoms with van der Waals surface area (Å²) in [5.74, 6) is 0.294.